The second-order valence-electron chi connectivity index (χ2n) is 4.12. The number of hydrogen-bond donors (Lipinski definition) is 0. The van der Waals surface area contributed by atoms with Gasteiger partial charge in [-0.15, -0.1) is 0 Å². The molecule has 14 heavy (non-hydrogen) atoms. The molecule has 0 aromatic heterocycles. The minimum atomic E-state index is -2.51. The Balaban J connectivity index is 2.36. The van der Waals surface area contributed by atoms with E-state index in [4.69, 9.17) is 0 Å². The van der Waals surface area contributed by atoms with Gasteiger partial charge < -0.3 is 4.74 Å². The van der Waals surface area contributed by atoms with Crippen LogP contribution in [0.15, 0.2) is 0 Å². The van der Waals surface area contributed by atoms with Crippen LogP contribution in [-0.4, -0.2) is 19.0 Å². The zero-order valence-corrected chi connectivity index (χ0v) is 8.56. The molecule has 0 spiro atoms. The van der Waals surface area contributed by atoms with Gasteiger partial charge in [-0.1, -0.05) is 6.92 Å². The van der Waals surface area contributed by atoms with Gasteiger partial charge in [0.25, 0.3) is 0 Å². The van der Waals surface area contributed by atoms with Gasteiger partial charge in [-0.05, 0) is 18.8 Å². The lowest BCUT2D eigenvalue weighted by Crippen LogP contribution is -2.17. The Morgan fingerprint density at radius 1 is 1.64 bits per heavy atom. The van der Waals surface area contributed by atoms with Crippen molar-refractivity contribution in [3.63, 3.8) is 0 Å². The number of alkyl halides is 2. The van der Waals surface area contributed by atoms with E-state index >= 15 is 0 Å². The highest BCUT2D eigenvalue weighted by atomic mass is 19.3. The summed E-state index contributed by atoms with van der Waals surface area (Å²) in [5.41, 5.74) is 0. The predicted octanol–water partition coefficient (Wildman–Crippen LogP) is 2.62. The summed E-state index contributed by atoms with van der Waals surface area (Å²) in [6.45, 7) is 1.72. The Morgan fingerprint density at radius 3 is 2.71 bits per heavy atom. The fraction of sp³-hybridized carbons (Fsp3) is 0.900. The molecule has 2 atom stereocenters. The Kier molecular flexibility index (Phi) is 3.45. The average Bonchev–Trinajstić information content (AvgIpc) is 2.44. The van der Waals surface area contributed by atoms with Crippen LogP contribution in [0.4, 0.5) is 8.78 Å². The van der Waals surface area contributed by atoms with Gasteiger partial charge in [0.1, 0.15) is 0 Å². The molecule has 0 amide bonds. The molecule has 0 aromatic rings. The normalized spacial score (nSPS) is 27.3. The van der Waals surface area contributed by atoms with Crippen molar-refractivity contribution in [2.75, 3.05) is 7.11 Å². The van der Waals surface area contributed by atoms with Crippen LogP contribution >= 0.6 is 0 Å². The van der Waals surface area contributed by atoms with Crippen LogP contribution in [-0.2, 0) is 9.53 Å². The topological polar surface area (TPSA) is 26.3 Å². The van der Waals surface area contributed by atoms with Crippen molar-refractivity contribution in [2.24, 2.45) is 11.8 Å². The van der Waals surface area contributed by atoms with Gasteiger partial charge in [-0.3, -0.25) is 4.79 Å². The molecule has 0 N–H and O–H groups in total. The van der Waals surface area contributed by atoms with Crippen LogP contribution in [0.3, 0.4) is 0 Å². The zero-order chi connectivity index (χ0) is 10.8. The summed E-state index contributed by atoms with van der Waals surface area (Å²) in [7, 11) is 1.32. The fourth-order valence-corrected chi connectivity index (χ4v) is 2.04. The molecule has 1 rings (SSSR count). The van der Waals surface area contributed by atoms with Crippen molar-refractivity contribution in [1.82, 2.24) is 0 Å². The van der Waals surface area contributed by atoms with Gasteiger partial charge in [0.05, 0.1) is 13.0 Å². The Morgan fingerprint density at radius 2 is 2.29 bits per heavy atom. The summed E-state index contributed by atoms with van der Waals surface area (Å²) in [5.74, 6) is -3.11. The molecule has 0 aliphatic heterocycles. The first-order chi connectivity index (χ1) is 6.44. The third-order valence-electron chi connectivity index (χ3n) is 2.80. The van der Waals surface area contributed by atoms with E-state index in [2.05, 4.69) is 4.74 Å². The van der Waals surface area contributed by atoms with E-state index in [1.165, 1.54) is 7.11 Å². The lowest BCUT2D eigenvalue weighted by molar-refractivity contribution is -0.145. The van der Waals surface area contributed by atoms with Gasteiger partial charge in [-0.25, -0.2) is 8.78 Å². The van der Waals surface area contributed by atoms with Crippen LogP contribution in [0.1, 0.15) is 32.6 Å². The second kappa shape index (κ2) is 4.24. The first kappa shape index (κ1) is 11.4. The average molecular weight is 206 g/mol. The predicted molar refractivity (Wildman–Crippen MR) is 48.1 cm³/mol. The number of methoxy groups -OCH3 is 1. The number of carbonyl (C=O) groups excluding carboxylic acids is 1. The molecule has 1 fully saturated rings. The molecular formula is C10H16F2O2. The smallest absolute Gasteiger partial charge is 0.308 e. The van der Waals surface area contributed by atoms with Crippen LogP contribution < -0.4 is 0 Å². The number of carbonyl (C=O) groups is 1. The van der Waals surface area contributed by atoms with Gasteiger partial charge in [-0.2, -0.15) is 0 Å². The molecule has 4 heteroatoms. The maximum absolute atomic E-state index is 12.8. The molecule has 82 valence electrons. The quantitative estimate of drug-likeness (QED) is 0.663. The summed E-state index contributed by atoms with van der Waals surface area (Å²) in [6, 6.07) is 0. The Bertz CT molecular complexity index is 216. The summed E-state index contributed by atoms with van der Waals surface area (Å²) < 4.78 is 30.2. The molecule has 1 saturated carbocycles. The molecule has 2 nitrogen and oxygen atoms in total. The number of esters is 1. The minimum absolute atomic E-state index is 0.0286. The third-order valence-corrected chi connectivity index (χ3v) is 2.80. The lowest BCUT2D eigenvalue weighted by Gasteiger charge is -2.14. The monoisotopic (exact) mass is 206 g/mol. The van der Waals surface area contributed by atoms with Crippen LogP contribution in [0.2, 0.25) is 0 Å². The molecule has 0 radical (unpaired) electrons. The molecule has 1 aliphatic carbocycles. The van der Waals surface area contributed by atoms with E-state index < -0.39 is 5.92 Å². The SMILES string of the molecule is COC(=O)[C@@H](C)CC1CCC(F)(F)C1. The third kappa shape index (κ3) is 2.93. The van der Waals surface area contributed by atoms with Gasteiger partial charge >= 0.3 is 5.97 Å². The number of rotatable bonds is 3. The van der Waals surface area contributed by atoms with Gasteiger partial charge in [0.2, 0.25) is 5.92 Å². The highest BCUT2D eigenvalue weighted by molar-refractivity contribution is 5.71. The maximum atomic E-state index is 12.8. The minimum Gasteiger partial charge on any atom is -0.469 e. The van der Waals surface area contributed by atoms with Crippen molar-refractivity contribution in [3.8, 4) is 0 Å². The molecule has 0 heterocycles. The number of hydrogen-bond acceptors (Lipinski definition) is 2. The van der Waals surface area contributed by atoms with Crippen molar-refractivity contribution in [3.05, 3.63) is 0 Å². The van der Waals surface area contributed by atoms with E-state index in [9.17, 15) is 13.6 Å². The molecule has 0 bridgehead atoms. The highest BCUT2D eigenvalue weighted by Gasteiger charge is 2.40. The lowest BCUT2D eigenvalue weighted by atomic mass is 9.94. The van der Waals surface area contributed by atoms with Crippen molar-refractivity contribution >= 4 is 5.97 Å². The molecule has 0 saturated heterocycles. The standard InChI is InChI=1S/C10H16F2O2/c1-7(9(13)14-2)5-8-3-4-10(11,12)6-8/h7-8H,3-6H2,1-2H3/t7-,8?/m0/s1. The Labute approximate surface area is 82.6 Å². The highest BCUT2D eigenvalue weighted by Crippen LogP contribution is 2.41. The van der Waals surface area contributed by atoms with Gasteiger partial charge in [0.15, 0.2) is 0 Å². The van der Waals surface area contributed by atoms with E-state index in [1.807, 2.05) is 0 Å². The first-order valence-electron chi connectivity index (χ1n) is 4.90. The van der Waals surface area contributed by atoms with Crippen LogP contribution in [0.25, 0.3) is 0 Å². The second-order valence-corrected chi connectivity index (χ2v) is 4.12. The fourth-order valence-electron chi connectivity index (χ4n) is 2.04. The Hall–Kier alpha value is -0.670. The molecule has 1 aliphatic rings. The van der Waals surface area contributed by atoms with E-state index in [0.29, 0.717) is 12.8 Å². The van der Waals surface area contributed by atoms with Crippen molar-refractivity contribution in [1.29, 1.82) is 0 Å². The summed E-state index contributed by atoms with van der Waals surface area (Å²) in [6.07, 6.45) is 0.927. The van der Waals surface area contributed by atoms with Crippen LogP contribution in [0, 0.1) is 11.8 Å². The zero-order valence-electron chi connectivity index (χ0n) is 8.56. The van der Waals surface area contributed by atoms with Crippen LogP contribution in [0.5, 0.6) is 0 Å². The van der Waals surface area contributed by atoms with Gasteiger partial charge in [0, 0.05) is 12.8 Å². The maximum Gasteiger partial charge on any atom is 0.308 e. The number of halogens is 2. The molecule has 0 aromatic carbocycles. The summed E-state index contributed by atoms with van der Waals surface area (Å²) >= 11 is 0. The largest absolute Gasteiger partial charge is 0.469 e. The first-order valence-corrected chi connectivity index (χ1v) is 4.90. The van der Waals surface area contributed by atoms with E-state index in [1.54, 1.807) is 6.92 Å². The molecule has 1 unspecified atom stereocenters. The number of ether oxygens (including phenoxy) is 1. The van der Waals surface area contributed by atoms with E-state index in [-0.39, 0.29) is 30.6 Å². The van der Waals surface area contributed by atoms with Crippen molar-refractivity contribution < 1.29 is 18.3 Å². The summed E-state index contributed by atoms with van der Waals surface area (Å²) in [5, 5.41) is 0. The molecular weight excluding hydrogens is 190 g/mol. The van der Waals surface area contributed by atoms with E-state index in [0.717, 1.165) is 0 Å². The van der Waals surface area contributed by atoms with Crippen molar-refractivity contribution in [2.45, 2.75) is 38.5 Å². The summed E-state index contributed by atoms with van der Waals surface area (Å²) in [4.78, 5) is 11.1.